The fraction of sp³-hybridized carbons (Fsp3) is 0.115. The highest BCUT2D eigenvalue weighted by molar-refractivity contribution is 7.90. The van der Waals surface area contributed by atoms with E-state index >= 15 is 0 Å². The Balaban J connectivity index is 1.59. The molecule has 0 aliphatic heterocycles. The van der Waals surface area contributed by atoms with Crippen LogP contribution >= 0.6 is 0 Å². The predicted octanol–water partition coefficient (Wildman–Crippen LogP) is 2.89. The molecule has 2 N–H and O–H groups in total. The van der Waals surface area contributed by atoms with Gasteiger partial charge >= 0.3 is 10.0 Å². The number of rotatable bonds is 7. The first kappa shape index (κ1) is 24.8. The van der Waals surface area contributed by atoms with Crippen molar-refractivity contribution in [2.75, 3.05) is 21.1 Å². The van der Waals surface area contributed by atoms with Crippen LogP contribution in [-0.4, -0.2) is 70.1 Å². The molecule has 12 heteroatoms. The van der Waals surface area contributed by atoms with Gasteiger partial charge in [-0.3, -0.25) is 14.2 Å². The molecule has 38 heavy (non-hydrogen) atoms. The minimum Gasteiger partial charge on any atom is -0.393 e. The zero-order valence-corrected chi connectivity index (χ0v) is 21.6. The number of nitrogens with one attached hydrogen (secondary N) is 2. The second kappa shape index (κ2) is 9.56. The van der Waals surface area contributed by atoms with E-state index in [0.29, 0.717) is 27.9 Å². The molecular weight excluding hydrogens is 504 g/mol. The number of fused-ring (bicyclic) bond motifs is 2. The molecule has 0 spiro atoms. The van der Waals surface area contributed by atoms with Crippen LogP contribution in [0.5, 0.6) is 0 Å². The number of hydrogen-bond acceptors (Lipinski definition) is 8. The number of nitrogens with zero attached hydrogens (tertiary/aromatic N) is 6. The van der Waals surface area contributed by atoms with Crippen molar-refractivity contribution in [3.05, 3.63) is 84.6 Å². The summed E-state index contributed by atoms with van der Waals surface area (Å²) in [6, 6.07) is 12.3. The molecule has 0 unspecified atom stereocenters. The molecule has 5 aromatic rings. The summed E-state index contributed by atoms with van der Waals surface area (Å²) >= 11 is 0. The summed E-state index contributed by atoms with van der Waals surface area (Å²) in [4.78, 5) is 22.3. The molecule has 0 saturated heterocycles. The SMILES string of the molecule is CN/C=C(\C=N)c1cnc2cnn(S(=O)(=O)c3cnc4ccc(-c5ccc(C(=O)N(C)C)cc5)cn34)c2c1. The molecule has 0 saturated carbocycles. The summed E-state index contributed by atoms with van der Waals surface area (Å²) < 4.78 is 30.0. The molecule has 0 bridgehead atoms. The highest BCUT2D eigenvalue weighted by Gasteiger charge is 2.25. The molecule has 0 atom stereocenters. The summed E-state index contributed by atoms with van der Waals surface area (Å²) in [6.07, 6.45) is 8.71. The maximum Gasteiger partial charge on any atom is 0.301 e. The third-order valence-electron chi connectivity index (χ3n) is 6.01. The van der Waals surface area contributed by atoms with Gasteiger partial charge in [-0.05, 0) is 41.5 Å². The van der Waals surface area contributed by atoms with E-state index in [9.17, 15) is 13.2 Å². The maximum atomic E-state index is 13.8. The van der Waals surface area contributed by atoms with E-state index in [4.69, 9.17) is 5.41 Å². The summed E-state index contributed by atoms with van der Waals surface area (Å²) in [7, 11) is 0.922. The number of carbonyl (C=O) groups is 1. The van der Waals surface area contributed by atoms with Gasteiger partial charge in [0.25, 0.3) is 5.91 Å². The summed E-state index contributed by atoms with van der Waals surface area (Å²) in [6.45, 7) is 0. The fourth-order valence-electron chi connectivity index (χ4n) is 4.07. The number of aromatic nitrogens is 5. The van der Waals surface area contributed by atoms with Crippen molar-refractivity contribution < 1.29 is 13.2 Å². The Morgan fingerprint density at radius 3 is 2.42 bits per heavy atom. The summed E-state index contributed by atoms with van der Waals surface area (Å²) in [5, 5.41) is 14.6. The number of allylic oxidation sites excluding steroid dienone is 1. The minimum atomic E-state index is -4.17. The topological polar surface area (TPSA) is 138 Å². The lowest BCUT2D eigenvalue weighted by atomic mass is 10.1. The van der Waals surface area contributed by atoms with E-state index in [1.54, 1.807) is 64.0 Å². The molecule has 4 aromatic heterocycles. The number of pyridine rings is 2. The van der Waals surface area contributed by atoms with Gasteiger partial charge in [-0.2, -0.15) is 17.6 Å². The van der Waals surface area contributed by atoms with Crippen LogP contribution in [0.4, 0.5) is 0 Å². The van der Waals surface area contributed by atoms with Crippen LogP contribution in [0, 0.1) is 5.41 Å². The second-order valence-corrected chi connectivity index (χ2v) is 10.4. The van der Waals surface area contributed by atoms with Crippen LogP contribution in [0.3, 0.4) is 0 Å². The van der Waals surface area contributed by atoms with Gasteiger partial charge in [0.2, 0.25) is 0 Å². The molecule has 1 amide bonds. The van der Waals surface area contributed by atoms with Crippen molar-refractivity contribution in [3.8, 4) is 11.1 Å². The Kier molecular flexibility index (Phi) is 6.25. The Bertz CT molecular complexity index is 1830. The first-order valence-corrected chi connectivity index (χ1v) is 13.0. The zero-order valence-electron chi connectivity index (χ0n) is 20.8. The van der Waals surface area contributed by atoms with Gasteiger partial charge in [0.15, 0.2) is 5.03 Å². The molecule has 5 rings (SSSR count). The van der Waals surface area contributed by atoms with Gasteiger partial charge in [-0.1, -0.05) is 12.1 Å². The number of imidazole rings is 1. The number of amides is 1. The summed E-state index contributed by atoms with van der Waals surface area (Å²) in [5.41, 5.74) is 4.34. The quantitative estimate of drug-likeness (QED) is 0.310. The number of carbonyl (C=O) groups excluding carboxylic acids is 1. The van der Waals surface area contributed by atoms with Gasteiger partial charge < -0.3 is 15.6 Å². The van der Waals surface area contributed by atoms with Gasteiger partial charge in [0.05, 0.1) is 12.4 Å². The second-order valence-electron chi connectivity index (χ2n) is 8.67. The van der Waals surface area contributed by atoms with Crippen LogP contribution in [0.1, 0.15) is 15.9 Å². The lowest BCUT2D eigenvalue weighted by Gasteiger charge is -2.11. The van der Waals surface area contributed by atoms with Crippen LogP contribution in [-0.2, 0) is 10.0 Å². The Labute approximate surface area is 218 Å². The first-order valence-electron chi connectivity index (χ1n) is 11.5. The first-order chi connectivity index (χ1) is 18.2. The van der Waals surface area contributed by atoms with Crippen molar-refractivity contribution in [1.82, 2.24) is 33.8 Å². The van der Waals surface area contributed by atoms with Crippen molar-refractivity contribution in [3.63, 3.8) is 0 Å². The average Bonchev–Trinajstić information content (AvgIpc) is 3.55. The largest absolute Gasteiger partial charge is 0.393 e. The normalized spacial score (nSPS) is 12.1. The van der Waals surface area contributed by atoms with Crippen LogP contribution in [0.25, 0.3) is 33.4 Å². The van der Waals surface area contributed by atoms with E-state index in [1.807, 2.05) is 18.2 Å². The number of benzene rings is 1. The van der Waals surface area contributed by atoms with E-state index in [1.165, 1.54) is 21.7 Å². The van der Waals surface area contributed by atoms with E-state index in [-0.39, 0.29) is 16.4 Å². The molecule has 4 heterocycles. The third kappa shape index (κ3) is 4.20. The number of hydrogen-bond donors (Lipinski definition) is 2. The Hall–Kier alpha value is -4.84. The van der Waals surface area contributed by atoms with Gasteiger partial charge in [-0.15, -0.1) is 0 Å². The van der Waals surface area contributed by atoms with E-state index in [0.717, 1.165) is 21.4 Å². The monoisotopic (exact) mass is 528 g/mol. The van der Waals surface area contributed by atoms with Crippen molar-refractivity contribution in [1.29, 1.82) is 5.41 Å². The van der Waals surface area contributed by atoms with Crippen LogP contribution in [0.2, 0.25) is 0 Å². The average molecular weight is 529 g/mol. The predicted molar refractivity (Wildman–Crippen MR) is 145 cm³/mol. The molecule has 0 aliphatic carbocycles. The maximum absolute atomic E-state index is 13.8. The fourth-order valence-corrected chi connectivity index (χ4v) is 5.41. The van der Waals surface area contributed by atoms with Crippen molar-refractivity contribution in [2.24, 2.45) is 0 Å². The zero-order chi connectivity index (χ0) is 27.0. The Morgan fingerprint density at radius 1 is 1.00 bits per heavy atom. The van der Waals surface area contributed by atoms with Crippen molar-refractivity contribution in [2.45, 2.75) is 5.03 Å². The molecule has 192 valence electrons. The standard InChI is InChI=1S/C26H24N8O3S/c1-28-12-21(11-27)20-10-23-22(29-13-20)14-31-34(23)38(36,37)25-15-30-24-9-8-19(16-33(24)25)17-4-6-18(7-5-17)26(35)32(2)3/h4-16,27-28H,1-3H3/b21-12+,27-11?. The summed E-state index contributed by atoms with van der Waals surface area (Å²) in [5.74, 6) is -0.103. The third-order valence-corrected chi connectivity index (χ3v) is 7.59. The highest BCUT2D eigenvalue weighted by Crippen LogP contribution is 2.26. The van der Waals surface area contributed by atoms with Crippen LogP contribution < -0.4 is 5.32 Å². The smallest absolute Gasteiger partial charge is 0.301 e. The van der Waals surface area contributed by atoms with Crippen LogP contribution in [0.15, 0.2) is 78.5 Å². The molecule has 0 radical (unpaired) electrons. The minimum absolute atomic E-state index is 0.0674. The molecule has 0 aliphatic rings. The van der Waals surface area contributed by atoms with Crippen molar-refractivity contribution >= 4 is 44.4 Å². The van der Waals surface area contributed by atoms with Gasteiger partial charge in [0.1, 0.15) is 16.7 Å². The van der Waals surface area contributed by atoms with E-state index in [2.05, 4.69) is 20.4 Å². The lowest BCUT2D eigenvalue weighted by Crippen LogP contribution is -2.21. The van der Waals surface area contributed by atoms with E-state index < -0.39 is 10.0 Å². The molecule has 0 fully saturated rings. The molecule has 1 aromatic carbocycles. The highest BCUT2D eigenvalue weighted by atomic mass is 32.2. The van der Waals surface area contributed by atoms with Gasteiger partial charge in [-0.25, -0.2) is 4.98 Å². The lowest BCUT2D eigenvalue weighted by molar-refractivity contribution is 0.0827. The van der Waals surface area contributed by atoms with Gasteiger partial charge in [0, 0.05) is 62.7 Å². The molecule has 11 nitrogen and oxygen atoms in total. The Morgan fingerprint density at radius 2 is 1.74 bits per heavy atom. The molecular formula is C26H24N8O3S.